The molecule has 28 heavy (non-hydrogen) atoms. The summed E-state index contributed by atoms with van der Waals surface area (Å²) in [6, 6.07) is 0. The number of piperazine rings is 1. The number of fused-ring (bicyclic) bond motifs is 3. The minimum absolute atomic E-state index is 0.00949. The number of carbonyl (C=O) groups is 2. The van der Waals surface area contributed by atoms with Crippen molar-refractivity contribution in [1.82, 2.24) is 19.8 Å². The molecule has 0 unspecified atom stereocenters. The Morgan fingerprint density at radius 2 is 1.96 bits per heavy atom. The van der Waals surface area contributed by atoms with E-state index in [1.54, 1.807) is 28.1 Å². The van der Waals surface area contributed by atoms with Crippen molar-refractivity contribution in [3.05, 3.63) is 20.8 Å². The lowest BCUT2D eigenvalue weighted by Crippen LogP contribution is -2.50. The quantitative estimate of drug-likeness (QED) is 0.605. The zero-order valence-corrected chi connectivity index (χ0v) is 17.8. The van der Waals surface area contributed by atoms with Gasteiger partial charge in [0.15, 0.2) is 5.16 Å². The Kier molecular flexibility index (Phi) is 5.46. The molecule has 1 aliphatic carbocycles. The number of thiophene rings is 1. The minimum Gasteiger partial charge on any atom is -0.339 e. The number of carbonyl (C=O) groups excluding carboxylic acids is 2. The summed E-state index contributed by atoms with van der Waals surface area (Å²) in [6.45, 7) is 6.05. The van der Waals surface area contributed by atoms with Crippen LogP contribution in [0, 0.1) is 5.92 Å². The summed E-state index contributed by atoms with van der Waals surface area (Å²) < 4.78 is 0. The zero-order chi connectivity index (χ0) is 19.8. The number of hydrogen-bond donors (Lipinski definition) is 1. The standard InChI is InChI=1S/C19H24N4O3S2/c1-11-3-4-13-14(9-11)28-18-16(13)17(26)20-19(21-18)27-10-15(25)23-7-5-22(6-8-23)12(2)24/h11H,3-10H2,1-2H3,(H,20,21,26)/t11-/m1/s1. The number of nitrogens with one attached hydrogen (secondary N) is 1. The fourth-order valence-corrected chi connectivity index (χ4v) is 6.09. The molecule has 1 saturated heterocycles. The number of amides is 2. The van der Waals surface area contributed by atoms with Gasteiger partial charge in [0.2, 0.25) is 11.8 Å². The average Bonchev–Trinajstić information content (AvgIpc) is 3.03. The number of aromatic amines is 1. The van der Waals surface area contributed by atoms with Crippen LogP contribution in [-0.2, 0) is 22.4 Å². The van der Waals surface area contributed by atoms with E-state index < -0.39 is 0 Å². The summed E-state index contributed by atoms with van der Waals surface area (Å²) in [6.07, 6.45) is 3.07. The molecule has 9 heteroatoms. The highest BCUT2D eigenvalue weighted by Crippen LogP contribution is 2.36. The van der Waals surface area contributed by atoms with Crippen LogP contribution in [0.2, 0.25) is 0 Å². The second kappa shape index (κ2) is 7.87. The van der Waals surface area contributed by atoms with E-state index >= 15 is 0 Å². The van der Waals surface area contributed by atoms with Crippen molar-refractivity contribution < 1.29 is 9.59 Å². The molecule has 2 aromatic heterocycles. The van der Waals surface area contributed by atoms with Gasteiger partial charge in [-0.15, -0.1) is 11.3 Å². The highest BCUT2D eigenvalue weighted by Gasteiger charge is 2.24. The fourth-order valence-electron chi connectivity index (χ4n) is 3.89. The van der Waals surface area contributed by atoms with E-state index in [2.05, 4.69) is 16.9 Å². The topological polar surface area (TPSA) is 86.4 Å². The fraction of sp³-hybridized carbons (Fsp3) is 0.579. The van der Waals surface area contributed by atoms with Crippen molar-refractivity contribution in [2.24, 2.45) is 5.92 Å². The highest BCUT2D eigenvalue weighted by molar-refractivity contribution is 7.99. The van der Waals surface area contributed by atoms with Crippen molar-refractivity contribution in [1.29, 1.82) is 0 Å². The van der Waals surface area contributed by atoms with E-state index in [1.807, 2.05) is 0 Å². The molecule has 7 nitrogen and oxygen atoms in total. The molecule has 0 spiro atoms. The summed E-state index contributed by atoms with van der Waals surface area (Å²) in [5.41, 5.74) is 1.07. The maximum atomic E-state index is 12.6. The van der Waals surface area contributed by atoms with Crippen molar-refractivity contribution in [2.45, 2.75) is 38.3 Å². The summed E-state index contributed by atoms with van der Waals surface area (Å²) in [4.78, 5) is 49.6. The monoisotopic (exact) mass is 420 g/mol. The second-order valence-corrected chi connectivity index (χ2v) is 9.63. The maximum absolute atomic E-state index is 12.6. The number of hydrogen-bond acceptors (Lipinski definition) is 6. The number of rotatable bonds is 3. The molecule has 0 aromatic carbocycles. The lowest BCUT2D eigenvalue weighted by molar-refractivity contribution is -0.136. The van der Waals surface area contributed by atoms with Gasteiger partial charge in [-0.1, -0.05) is 18.7 Å². The Morgan fingerprint density at radius 3 is 2.68 bits per heavy atom. The van der Waals surface area contributed by atoms with Crippen LogP contribution in [0.15, 0.2) is 9.95 Å². The molecule has 3 heterocycles. The van der Waals surface area contributed by atoms with Gasteiger partial charge in [-0.05, 0) is 30.7 Å². The Hall–Kier alpha value is -1.87. The lowest BCUT2D eigenvalue weighted by Gasteiger charge is -2.34. The maximum Gasteiger partial charge on any atom is 0.260 e. The first-order chi connectivity index (χ1) is 13.4. The van der Waals surface area contributed by atoms with Crippen LogP contribution in [-0.4, -0.2) is 63.5 Å². The summed E-state index contributed by atoms with van der Waals surface area (Å²) >= 11 is 2.89. The Morgan fingerprint density at radius 1 is 1.25 bits per heavy atom. The Bertz CT molecular complexity index is 975. The lowest BCUT2D eigenvalue weighted by atomic mass is 9.89. The van der Waals surface area contributed by atoms with Crippen LogP contribution < -0.4 is 5.56 Å². The number of aromatic nitrogens is 2. The van der Waals surface area contributed by atoms with E-state index in [0.29, 0.717) is 37.3 Å². The van der Waals surface area contributed by atoms with Gasteiger partial charge >= 0.3 is 0 Å². The molecule has 0 saturated carbocycles. The van der Waals surface area contributed by atoms with E-state index in [9.17, 15) is 14.4 Å². The highest BCUT2D eigenvalue weighted by atomic mass is 32.2. The molecule has 1 fully saturated rings. The molecular weight excluding hydrogens is 396 g/mol. The normalized spacial score (nSPS) is 19.7. The van der Waals surface area contributed by atoms with Crippen LogP contribution in [0.5, 0.6) is 0 Å². The predicted molar refractivity (Wildman–Crippen MR) is 111 cm³/mol. The van der Waals surface area contributed by atoms with Gasteiger partial charge in [0.05, 0.1) is 11.1 Å². The van der Waals surface area contributed by atoms with E-state index in [1.165, 1.54) is 22.2 Å². The third-order valence-electron chi connectivity index (χ3n) is 5.55. The van der Waals surface area contributed by atoms with Crippen molar-refractivity contribution in [2.75, 3.05) is 31.9 Å². The van der Waals surface area contributed by atoms with Crippen molar-refractivity contribution >= 4 is 45.1 Å². The van der Waals surface area contributed by atoms with Crippen LogP contribution in [0.25, 0.3) is 10.2 Å². The molecule has 150 valence electrons. The number of aryl methyl sites for hydroxylation is 1. The predicted octanol–water partition coefficient (Wildman–Crippen LogP) is 1.89. The molecule has 0 radical (unpaired) electrons. The third-order valence-corrected chi connectivity index (χ3v) is 7.56. The first-order valence-corrected chi connectivity index (χ1v) is 11.4. The Labute approximate surface area is 171 Å². The molecule has 1 atom stereocenters. The van der Waals surface area contributed by atoms with Crippen molar-refractivity contribution in [3.63, 3.8) is 0 Å². The summed E-state index contributed by atoms with van der Waals surface area (Å²) in [7, 11) is 0. The molecular formula is C19H24N4O3S2. The molecule has 2 aromatic rings. The summed E-state index contributed by atoms with van der Waals surface area (Å²) in [5.74, 6) is 0.936. The van der Waals surface area contributed by atoms with Gasteiger partial charge in [-0.3, -0.25) is 14.4 Å². The van der Waals surface area contributed by atoms with E-state index in [-0.39, 0.29) is 23.1 Å². The third kappa shape index (κ3) is 3.82. The van der Waals surface area contributed by atoms with Crippen LogP contribution in [0.3, 0.4) is 0 Å². The molecule has 0 bridgehead atoms. The largest absolute Gasteiger partial charge is 0.339 e. The number of thioether (sulfide) groups is 1. The average molecular weight is 421 g/mol. The van der Waals surface area contributed by atoms with Crippen molar-refractivity contribution in [3.8, 4) is 0 Å². The van der Waals surface area contributed by atoms with Crippen LogP contribution in [0.4, 0.5) is 0 Å². The van der Waals surface area contributed by atoms with Gasteiger partial charge in [0.1, 0.15) is 4.83 Å². The van der Waals surface area contributed by atoms with Gasteiger partial charge < -0.3 is 14.8 Å². The van der Waals surface area contributed by atoms with Gasteiger partial charge in [0, 0.05) is 38.0 Å². The molecule has 1 N–H and O–H groups in total. The van der Waals surface area contributed by atoms with Gasteiger partial charge in [-0.2, -0.15) is 0 Å². The zero-order valence-electron chi connectivity index (χ0n) is 16.1. The Balaban J connectivity index is 1.43. The first-order valence-electron chi connectivity index (χ1n) is 9.63. The molecule has 2 aliphatic rings. The number of nitrogens with zero attached hydrogens (tertiary/aromatic N) is 3. The van der Waals surface area contributed by atoms with Gasteiger partial charge in [0.25, 0.3) is 5.56 Å². The molecule has 2 amide bonds. The summed E-state index contributed by atoms with van der Waals surface area (Å²) in [5, 5.41) is 1.24. The van der Waals surface area contributed by atoms with Crippen LogP contribution in [0.1, 0.15) is 30.7 Å². The molecule has 4 rings (SSSR count). The smallest absolute Gasteiger partial charge is 0.260 e. The minimum atomic E-state index is -0.0953. The van der Waals surface area contributed by atoms with E-state index in [4.69, 9.17) is 0 Å². The molecule has 1 aliphatic heterocycles. The SMILES string of the molecule is CC(=O)N1CCN(C(=O)CSc2nc3sc4c(c3c(=O)[nH]2)CC[C@@H](C)C4)CC1. The van der Waals surface area contributed by atoms with E-state index in [0.717, 1.165) is 29.5 Å². The first kappa shape index (κ1) is 19.4. The van der Waals surface area contributed by atoms with Gasteiger partial charge in [-0.25, -0.2) is 4.98 Å². The number of H-pyrrole nitrogens is 1. The van der Waals surface area contributed by atoms with Crippen LogP contribution >= 0.6 is 23.1 Å². The second-order valence-electron chi connectivity index (χ2n) is 7.58.